The molecule has 2 aliphatic rings. The molecule has 0 spiro atoms. The zero-order chi connectivity index (χ0) is 17.4. The van der Waals surface area contributed by atoms with Gasteiger partial charge in [-0.25, -0.2) is 0 Å². The minimum Gasteiger partial charge on any atom is -0.391 e. The summed E-state index contributed by atoms with van der Waals surface area (Å²) >= 11 is 0. The smallest absolute Gasteiger partial charge is 0.391 e. The van der Waals surface area contributed by atoms with Crippen LogP contribution in [-0.2, 0) is 11.8 Å². The van der Waals surface area contributed by atoms with Crippen LogP contribution in [0.3, 0.4) is 0 Å². The second-order valence-electron chi connectivity index (χ2n) is 7.06. The third-order valence-electron chi connectivity index (χ3n) is 5.54. The van der Waals surface area contributed by atoms with Gasteiger partial charge in [0.2, 0.25) is 0 Å². The van der Waals surface area contributed by atoms with Gasteiger partial charge in [0, 0.05) is 19.1 Å². The van der Waals surface area contributed by atoms with Gasteiger partial charge in [-0.05, 0) is 43.4 Å². The quantitative estimate of drug-likeness (QED) is 0.866. The van der Waals surface area contributed by atoms with Crippen molar-refractivity contribution in [3.05, 3.63) is 35.4 Å². The Hall–Kier alpha value is -1.11. The third-order valence-corrected chi connectivity index (χ3v) is 5.54. The molecule has 0 aromatic heterocycles. The average molecular weight is 343 g/mol. The SMILES string of the molecule is O[C@@H]1CCCC[C@@H]1N1CCC(O)(c2ccc(C(F)(F)F)cc2)CC1. The molecule has 0 radical (unpaired) electrons. The summed E-state index contributed by atoms with van der Waals surface area (Å²) in [5, 5.41) is 21.0. The lowest BCUT2D eigenvalue weighted by atomic mass is 9.82. The summed E-state index contributed by atoms with van der Waals surface area (Å²) in [5.74, 6) is 0. The van der Waals surface area contributed by atoms with Crippen LogP contribution in [0.25, 0.3) is 0 Å². The lowest BCUT2D eigenvalue weighted by Gasteiger charge is -2.44. The second kappa shape index (κ2) is 6.65. The minimum atomic E-state index is -4.36. The summed E-state index contributed by atoms with van der Waals surface area (Å²) in [7, 11) is 0. The summed E-state index contributed by atoms with van der Waals surface area (Å²) in [6.45, 7) is 1.30. The van der Waals surface area contributed by atoms with Gasteiger partial charge in [0.15, 0.2) is 0 Å². The number of nitrogens with zero attached hydrogens (tertiary/aromatic N) is 1. The van der Waals surface area contributed by atoms with Gasteiger partial charge < -0.3 is 10.2 Å². The Labute approximate surface area is 140 Å². The van der Waals surface area contributed by atoms with Gasteiger partial charge in [0.1, 0.15) is 0 Å². The average Bonchev–Trinajstić information content (AvgIpc) is 2.56. The van der Waals surface area contributed by atoms with Crippen molar-refractivity contribution in [1.29, 1.82) is 0 Å². The van der Waals surface area contributed by atoms with Crippen LogP contribution in [0.15, 0.2) is 24.3 Å². The Morgan fingerprint density at radius 1 is 1.00 bits per heavy atom. The van der Waals surface area contributed by atoms with Crippen LogP contribution in [0.4, 0.5) is 13.2 Å². The van der Waals surface area contributed by atoms with E-state index in [4.69, 9.17) is 0 Å². The van der Waals surface area contributed by atoms with Crippen molar-refractivity contribution in [3.8, 4) is 0 Å². The highest BCUT2D eigenvalue weighted by atomic mass is 19.4. The van der Waals surface area contributed by atoms with E-state index in [1.54, 1.807) is 0 Å². The maximum absolute atomic E-state index is 12.7. The number of hydrogen-bond acceptors (Lipinski definition) is 3. The first-order valence-corrected chi connectivity index (χ1v) is 8.62. The van der Waals surface area contributed by atoms with Crippen molar-refractivity contribution >= 4 is 0 Å². The molecule has 1 aromatic carbocycles. The van der Waals surface area contributed by atoms with Gasteiger partial charge in [0.25, 0.3) is 0 Å². The number of likely N-dealkylation sites (tertiary alicyclic amines) is 1. The van der Waals surface area contributed by atoms with E-state index in [9.17, 15) is 23.4 Å². The van der Waals surface area contributed by atoms with Crippen molar-refractivity contribution in [1.82, 2.24) is 4.90 Å². The van der Waals surface area contributed by atoms with E-state index in [0.29, 0.717) is 31.5 Å². The zero-order valence-corrected chi connectivity index (χ0v) is 13.6. The molecule has 24 heavy (non-hydrogen) atoms. The first-order valence-electron chi connectivity index (χ1n) is 8.62. The third kappa shape index (κ3) is 3.60. The molecule has 6 heteroatoms. The fourth-order valence-corrected chi connectivity index (χ4v) is 4.00. The highest BCUT2D eigenvalue weighted by Gasteiger charge is 2.39. The first kappa shape index (κ1) is 17.7. The van der Waals surface area contributed by atoms with Crippen LogP contribution < -0.4 is 0 Å². The molecule has 1 aliphatic carbocycles. The highest BCUT2D eigenvalue weighted by molar-refractivity contribution is 5.29. The van der Waals surface area contributed by atoms with E-state index in [0.717, 1.165) is 37.8 Å². The van der Waals surface area contributed by atoms with E-state index in [1.807, 2.05) is 0 Å². The molecule has 2 atom stereocenters. The topological polar surface area (TPSA) is 43.7 Å². The van der Waals surface area contributed by atoms with Crippen molar-refractivity contribution in [2.45, 2.75) is 62.4 Å². The van der Waals surface area contributed by atoms with Crippen molar-refractivity contribution in [2.75, 3.05) is 13.1 Å². The van der Waals surface area contributed by atoms with Gasteiger partial charge >= 0.3 is 6.18 Å². The number of hydrogen-bond donors (Lipinski definition) is 2. The molecule has 1 saturated carbocycles. The predicted molar refractivity (Wildman–Crippen MR) is 84.4 cm³/mol. The number of aliphatic hydroxyl groups is 2. The molecule has 134 valence electrons. The molecule has 0 bridgehead atoms. The molecular weight excluding hydrogens is 319 g/mol. The van der Waals surface area contributed by atoms with Crippen LogP contribution in [0.5, 0.6) is 0 Å². The number of aliphatic hydroxyl groups excluding tert-OH is 1. The Bertz CT molecular complexity index is 550. The van der Waals surface area contributed by atoms with E-state index >= 15 is 0 Å². The number of rotatable bonds is 2. The number of benzene rings is 1. The van der Waals surface area contributed by atoms with Crippen LogP contribution in [0.1, 0.15) is 49.7 Å². The lowest BCUT2D eigenvalue weighted by Crippen LogP contribution is -2.51. The van der Waals surface area contributed by atoms with Gasteiger partial charge in [-0.15, -0.1) is 0 Å². The molecule has 3 rings (SSSR count). The van der Waals surface area contributed by atoms with Crippen molar-refractivity contribution in [2.24, 2.45) is 0 Å². The van der Waals surface area contributed by atoms with E-state index < -0.39 is 17.3 Å². The molecule has 0 unspecified atom stereocenters. The molecule has 1 heterocycles. The van der Waals surface area contributed by atoms with E-state index in [-0.39, 0.29) is 12.1 Å². The van der Waals surface area contributed by atoms with E-state index in [1.165, 1.54) is 12.1 Å². The maximum atomic E-state index is 12.7. The lowest BCUT2D eigenvalue weighted by molar-refractivity contribution is -0.137. The van der Waals surface area contributed by atoms with Gasteiger partial charge in [-0.2, -0.15) is 13.2 Å². The van der Waals surface area contributed by atoms with Crippen LogP contribution in [0, 0.1) is 0 Å². The number of alkyl halides is 3. The normalized spacial score (nSPS) is 28.7. The van der Waals surface area contributed by atoms with Crippen molar-refractivity contribution in [3.63, 3.8) is 0 Å². The Kier molecular flexibility index (Phi) is 4.91. The van der Waals surface area contributed by atoms with Gasteiger partial charge in [0.05, 0.1) is 17.3 Å². The van der Waals surface area contributed by atoms with E-state index in [2.05, 4.69) is 4.90 Å². The molecule has 0 amide bonds. The molecule has 2 fully saturated rings. The molecule has 1 aromatic rings. The van der Waals surface area contributed by atoms with Crippen LogP contribution in [0.2, 0.25) is 0 Å². The van der Waals surface area contributed by atoms with Crippen molar-refractivity contribution < 1.29 is 23.4 Å². The maximum Gasteiger partial charge on any atom is 0.416 e. The fraction of sp³-hybridized carbons (Fsp3) is 0.667. The van der Waals surface area contributed by atoms with Crippen LogP contribution >= 0.6 is 0 Å². The first-order chi connectivity index (χ1) is 11.3. The Morgan fingerprint density at radius 2 is 1.58 bits per heavy atom. The summed E-state index contributed by atoms with van der Waals surface area (Å²) in [4.78, 5) is 2.22. The molecule has 3 nitrogen and oxygen atoms in total. The zero-order valence-electron chi connectivity index (χ0n) is 13.6. The molecule has 1 saturated heterocycles. The molecule has 2 N–H and O–H groups in total. The molecular formula is C18H24F3NO2. The largest absolute Gasteiger partial charge is 0.416 e. The minimum absolute atomic E-state index is 0.149. The summed E-state index contributed by atoms with van der Waals surface area (Å²) in [5.41, 5.74) is -1.24. The number of halogens is 3. The fourth-order valence-electron chi connectivity index (χ4n) is 4.00. The number of piperidine rings is 1. The summed E-state index contributed by atoms with van der Waals surface area (Å²) in [6.07, 6.45) is 0.244. The monoisotopic (exact) mass is 343 g/mol. The molecule has 1 aliphatic heterocycles. The van der Waals surface area contributed by atoms with Crippen LogP contribution in [-0.4, -0.2) is 40.3 Å². The van der Waals surface area contributed by atoms with Gasteiger partial charge in [-0.1, -0.05) is 25.0 Å². The summed E-state index contributed by atoms with van der Waals surface area (Å²) < 4.78 is 38.0. The standard InChI is InChI=1S/C18H24F3NO2/c19-18(20,21)14-7-5-13(6-8-14)17(24)9-11-22(12-10-17)15-3-1-2-4-16(15)23/h5-8,15-16,23-24H,1-4,9-12H2/t15-,16+/m0/s1. The second-order valence-corrected chi connectivity index (χ2v) is 7.06. The van der Waals surface area contributed by atoms with Gasteiger partial charge in [-0.3, -0.25) is 4.90 Å². The predicted octanol–water partition coefficient (Wildman–Crippen LogP) is 3.29. The Morgan fingerprint density at radius 3 is 2.12 bits per heavy atom. The summed E-state index contributed by atoms with van der Waals surface area (Å²) in [6, 6.07) is 4.98. The Balaban J connectivity index is 1.66. The highest BCUT2D eigenvalue weighted by Crippen LogP contribution is 2.37.